The van der Waals surface area contributed by atoms with Gasteiger partial charge in [-0.15, -0.1) is 0 Å². The van der Waals surface area contributed by atoms with Gasteiger partial charge in [-0.1, -0.05) is 6.92 Å². The fourth-order valence-electron chi connectivity index (χ4n) is 1.28. The summed E-state index contributed by atoms with van der Waals surface area (Å²) < 4.78 is 2.45. The number of halogens is 1. The molecule has 0 aliphatic heterocycles. The Morgan fingerprint density at radius 3 is 2.50 bits per heavy atom. The smallest absolute Gasteiger partial charge is 0.356 e. The molecular formula is C9H13BrN2O2. The van der Waals surface area contributed by atoms with Gasteiger partial charge >= 0.3 is 5.97 Å². The number of hydrogen-bond donors (Lipinski definition) is 1. The molecule has 0 saturated carbocycles. The first-order valence-corrected chi connectivity index (χ1v) is 5.28. The van der Waals surface area contributed by atoms with Crippen molar-refractivity contribution in [2.24, 2.45) is 0 Å². The molecule has 0 spiro atoms. The molecule has 0 atom stereocenters. The molecule has 1 rings (SSSR count). The lowest BCUT2D eigenvalue weighted by atomic mass is 10.2. The van der Waals surface area contributed by atoms with Crippen molar-refractivity contribution in [3.63, 3.8) is 0 Å². The molecule has 1 heterocycles. The highest BCUT2D eigenvalue weighted by molar-refractivity contribution is 9.10. The SMILES string of the molecule is CCc1c(C(=O)O)nn(C(C)C)c1Br. The standard InChI is InChI=1S/C9H13BrN2O2/c1-4-6-7(9(13)14)11-12(5(2)3)8(6)10/h5H,4H2,1-3H3,(H,13,14). The van der Waals surface area contributed by atoms with Crippen molar-refractivity contribution in [3.8, 4) is 0 Å². The van der Waals surface area contributed by atoms with Gasteiger partial charge in [0.05, 0.1) is 0 Å². The number of rotatable bonds is 3. The molecule has 0 amide bonds. The highest BCUT2D eigenvalue weighted by Crippen LogP contribution is 2.24. The van der Waals surface area contributed by atoms with E-state index in [2.05, 4.69) is 21.0 Å². The second-order valence-electron chi connectivity index (χ2n) is 3.31. The predicted octanol–water partition coefficient (Wildman–Crippen LogP) is 2.49. The molecule has 1 N–H and O–H groups in total. The number of aromatic carboxylic acids is 1. The normalized spacial score (nSPS) is 10.9. The lowest BCUT2D eigenvalue weighted by Gasteiger charge is -2.06. The Kier molecular flexibility index (Phi) is 3.31. The summed E-state index contributed by atoms with van der Waals surface area (Å²) in [7, 11) is 0. The molecule has 0 fully saturated rings. The monoisotopic (exact) mass is 260 g/mol. The van der Waals surface area contributed by atoms with Gasteiger partial charge < -0.3 is 5.11 Å². The van der Waals surface area contributed by atoms with Crippen LogP contribution in [0.4, 0.5) is 0 Å². The Morgan fingerprint density at radius 1 is 1.64 bits per heavy atom. The van der Waals surface area contributed by atoms with Gasteiger partial charge in [0, 0.05) is 11.6 Å². The summed E-state index contributed by atoms with van der Waals surface area (Å²) in [5.74, 6) is -0.970. The lowest BCUT2D eigenvalue weighted by molar-refractivity contribution is 0.0688. The maximum atomic E-state index is 10.9. The van der Waals surface area contributed by atoms with Gasteiger partial charge in [-0.2, -0.15) is 5.10 Å². The Labute approximate surface area is 91.1 Å². The summed E-state index contributed by atoms with van der Waals surface area (Å²) in [6.07, 6.45) is 0.662. The van der Waals surface area contributed by atoms with Gasteiger partial charge in [0.25, 0.3) is 0 Å². The van der Waals surface area contributed by atoms with Crippen LogP contribution < -0.4 is 0 Å². The Balaban J connectivity index is 3.32. The third-order valence-corrected chi connectivity index (χ3v) is 2.83. The van der Waals surface area contributed by atoms with Crippen LogP contribution in [0.25, 0.3) is 0 Å². The van der Waals surface area contributed by atoms with E-state index in [1.54, 1.807) is 4.68 Å². The van der Waals surface area contributed by atoms with E-state index in [1.165, 1.54) is 0 Å². The number of carboxylic acid groups (broad SMARTS) is 1. The predicted molar refractivity (Wildman–Crippen MR) is 56.6 cm³/mol. The van der Waals surface area contributed by atoms with Crippen LogP contribution in [0.1, 0.15) is 42.9 Å². The molecule has 0 bridgehead atoms. The average Bonchev–Trinajstić information content (AvgIpc) is 2.42. The van der Waals surface area contributed by atoms with E-state index in [0.29, 0.717) is 6.42 Å². The van der Waals surface area contributed by atoms with Crippen molar-refractivity contribution < 1.29 is 9.90 Å². The average molecular weight is 261 g/mol. The summed E-state index contributed by atoms with van der Waals surface area (Å²) in [6, 6.07) is 0.155. The van der Waals surface area contributed by atoms with E-state index in [-0.39, 0.29) is 11.7 Å². The van der Waals surface area contributed by atoms with Gasteiger partial charge in [0.2, 0.25) is 0 Å². The minimum Gasteiger partial charge on any atom is -0.476 e. The minimum absolute atomic E-state index is 0.146. The zero-order chi connectivity index (χ0) is 10.9. The third-order valence-electron chi connectivity index (χ3n) is 1.99. The topological polar surface area (TPSA) is 55.1 Å². The van der Waals surface area contributed by atoms with E-state index < -0.39 is 5.97 Å². The second kappa shape index (κ2) is 4.13. The van der Waals surface area contributed by atoms with Crippen LogP contribution in [-0.4, -0.2) is 20.9 Å². The van der Waals surface area contributed by atoms with Gasteiger partial charge in [-0.25, -0.2) is 4.79 Å². The molecule has 1 aromatic heterocycles. The first kappa shape index (κ1) is 11.2. The molecule has 5 heteroatoms. The minimum atomic E-state index is -0.970. The van der Waals surface area contributed by atoms with Gasteiger partial charge in [0.1, 0.15) is 4.60 Å². The lowest BCUT2D eigenvalue weighted by Crippen LogP contribution is -2.05. The zero-order valence-corrected chi connectivity index (χ0v) is 10.00. The number of carboxylic acids is 1. The maximum absolute atomic E-state index is 10.9. The molecule has 1 aromatic rings. The van der Waals surface area contributed by atoms with E-state index >= 15 is 0 Å². The van der Waals surface area contributed by atoms with Crippen LogP contribution in [-0.2, 0) is 6.42 Å². The molecule has 0 aliphatic rings. The maximum Gasteiger partial charge on any atom is 0.356 e. The fraction of sp³-hybridized carbons (Fsp3) is 0.556. The second-order valence-corrected chi connectivity index (χ2v) is 4.07. The van der Waals surface area contributed by atoms with Gasteiger partial charge in [0.15, 0.2) is 5.69 Å². The highest BCUT2D eigenvalue weighted by Gasteiger charge is 2.20. The molecule has 0 aliphatic carbocycles. The van der Waals surface area contributed by atoms with E-state index in [1.807, 2.05) is 20.8 Å². The summed E-state index contributed by atoms with van der Waals surface area (Å²) >= 11 is 3.37. The largest absolute Gasteiger partial charge is 0.476 e. The third kappa shape index (κ3) is 1.82. The van der Waals surface area contributed by atoms with Crippen molar-refractivity contribution in [1.82, 2.24) is 9.78 Å². The molecule has 14 heavy (non-hydrogen) atoms. The van der Waals surface area contributed by atoms with Gasteiger partial charge in [-0.05, 0) is 36.2 Å². The molecule has 0 aromatic carbocycles. The highest BCUT2D eigenvalue weighted by atomic mass is 79.9. The number of hydrogen-bond acceptors (Lipinski definition) is 2. The Hall–Kier alpha value is -0.840. The van der Waals surface area contributed by atoms with E-state index in [9.17, 15) is 4.79 Å². The van der Waals surface area contributed by atoms with Crippen molar-refractivity contribution in [2.45, 2.75) is 33.2 Å². The van der Waals surface area contributed by atoms with Crippen molar-refractivity contribution in [1.29, 1.82) is 0 Å². The molecule has 0 unspecified atom stereocenters. The summed E-state index contributed by atoms with van der Waals surface area (Å²) in [5, 5.41) is 13.0. The van der Waals surface area contributed by atoms with Crippen LogP contribution >= 0.6 is 15.9 Å². The molecule has 0 radical (unpaired) electrons. The Bertz CT molecular complexity index is 358. The van der Waals surface area contributed by atoms with Crippen LogP contribution in [0.2, 0.25) is 0 Å². The quantitative estimate of drug-likeness (QED) is 0.909. The first-order valence-electron chi connectivity index (χ1n) is 4.49. The van der Waals surface area contributed by atoms with Crippen LogP contribution in [0.15, 0.2) is 4.60 Å². The summed E-state index contributed by atoms with van der Waals surface area (Å²) in [6.45, 7) is 5.84. The zero-order valence-electron chi connectivity index (χ0n) is 8.41. The Morgan fingerprint density at radius 2 is 2.21 bits per heavy atom. The van der Waals surface area contributed by atoms with Gasteiger partial charge in [-0.3, -0.25) is 4.68 Å². The van der Waals surface area contributed by atoms with Crippen molar-refractivity contribution in [2.75, 3.05) is 0 Å². The molecule has 4 nitrogen and oxygen atoms in total. The summed E-state index contributed by atoms with van der Waals surface area (Å²) in [5.41, 5.74) is 0.902. The number of carbonyl (C=O) groups is 1. The van der Waals surface area contributed by atoms with Crippen molar-refractivity contribution in [3.05, 3.63) is 15.9 Å². The number of aromatic nitrogens is 2. The molecular weight excluding hydrogens is 248 g/mol. The number of nitrogens with zero attached hydrogens (tertiary/aromatic N) is 2. The van der Waals surface area contributed by atoms with Crippen LogP contribution in [0.5, 0.6) is 0 Å². The van der Waals surface area contributed by atoms with E-state index in [4.69, 9.17) is 5.11 Å². The van der Waals surface area contributed by atoms with Crippen LogP contribution in [0, 0.1) is 0 Å². The molecule has 0 saturated heterocycles. The first-order chi connectivity index (χ1) is 6.49. The molecule has 78 valence electrons. The van der Waals surface area contributed by atoms with Crippen LogP contribution in [0.3, 0.4) is 0 Å². The van der Waals surface area contributed by atoms with Crippen molar-refractivity contribution >= 4 is 21.9 Å². The van der Waals surface area contributed by atoms with E-state index in [0.717, 1.165) is 10.2 Å². The fourth-order valence-corrected chi connectivity index (χ4v) is 2.23. The summed E-state index contributed by atoms with van der Waals surface area (Å²) in [4.78, 5) is 10.9.